The maximum Gasteiger partial charge on any atom is 0.140 e. The summed E-state index contributed by atoms with van der Waals surface area (Å²) in [5.41, 5.74) is 0.760. The number of rotatable bonds is 4. The monoisotopic (exact) mass is 290 g/mol. The summed E-state index contributed by atoms with van der Waals surface area (Å²) < 4.78 is 14.1. The predicted molar refractivity (Wildman–Crippen MR) is 64.8 cm³/mol. The Balaban J connectivity index is 1.95. The van der Waals surface area contributed by atoms with Crippen LogP contribution in [0.5, 0.6) is 0 Å². The highest BCUT2D eigenvalue weighted by molar-refractivity contribution is 9.10. The molecule has 0 bridgehead atoms. The van der Waals surface area contributed by atoms with E-state index in [1.807, 2.05) is 12.1 Å². The van der Waals surface area contributed by atoms with Crippen molar-refractivity contribution in [3.05, 3.63) is 34.1 Å². The molecule has 1 aliphatic rings. The van der Waals surface area contributed by atoms with Crippen molar-refractivity contribution < 1.29 is 4.39 Å². The van der Waals surface area contributed by atoms with E-state index in [-0.39, 0.29) is 11.2 Å². The fraction of sp³-hybridized carbons (Fsp3) is 0.500. The van der Waals surface area contributed by atoms with Gasteiger partial charge in [-0.3, -0.25) is 0 Å². The molecule has 1 atom stereocenters. The maximum absolute atomic E-state index is 13.6. The van der Waals surface area contributed by atoms with Gasteiger partial charge in [-0.25, -0.2) is 4.39 Å². The predicted octanol–water partition coefficient (Wildman–Crippen LogP) is 4.54. The van der Waals surface area contributed by atoms with Gasteiger partial charge in [0, 0.05) is 5.38 Å². The Morgan fingerprint density at radius 2 is 2.20 bits per heavy atom. The van der Waals surface area contributed by atoms with Crippen LogP contribution in [0.1, 0.15) is 24.8 Å². The van der Waals surface area contributed by atoms with Crippen LogP contribution in [0.2, 0.25) is 0 Å². The van der Waals surface area contributed by atoms with Gasteiger partial charge < -0.3 is 0 Å². The molecule has 1 saturated carbocycles. The molecule has 0 N–H and O–H groups in total. The van der Waals surface area contributed by atoms with Crippen molar-refractivity contribution in [3.63, 3.8) is 0 Å². The Labute approximate surface area is 103 Å². The van der Waals surface area contributed by atoms with Crippen molar-refractivity contribution in [2.45, 2.75) is 31.1 Å². The highest BCUT2D eigenvalue weighted by Gasteiger charge is 2.29. The number of alkyl halides is 1. The smallest absolute Gasteiger partial charge is 0.140 e. The van der Waals surface area contributed by atoms with Crippen LogP contribution in [0.25, 0.3) is 0 Å². The molecular formula is C12H13BrClF. The van der Waals surface area contributed by atoms with Gasteiger partial charge in [0.05, 0.1) is 4.47 Å². The maximum atomic E-state index is 13.6. The Morgan fingerprint density at radius 3 is 2.87 bits per heavy atom. The molecule has 0 heterocycles. The van der Waals surface area contributed by atoms with Crippen molar-refractivity contribution in [2.75, 3.05) is 0 Å². The fourth-order valence-electron chi connectivity index (χ4n) is 1.73. The molecule has 0 spiro atoms. The van der Waals surface area contributed by atoms with Gasteiger partial charge in [-0.2, -0.15) is 0 Å². The molecule has 15 heavy (non-hydrogen) atoms. The van der Waals surface area contributed by atoms with Gasteiger partial charge in [-0.15, -0.1) is 11.6 Å². The second kappa shape index (κ2) is 4.84. The van der Waals surface area contributed by atoms with Crippen LogP contribution in [0.15, 0.2) is 22.7 Å². The highest BCUT2D eigenvalue weighted by atomic mass is 79.9. The van der Waals surface area contributed by atoms with Gasteiger partial charge in [-0.05, 0) is 59.2 Å². The summed E-state index contributed by atoms with van der Waals surface area (Å²) >= 11 is 9.37. The van der Waals surface area contributed by atoms with E-state index in [1.165, 1.54) is 12.8 Å². The molecule has 1 aliphatic carbocycles. The normalized spacial score (nSPS) is 17.8. The van der Waals surface area contributed by atoms with Crippen LogP contribution in [0.3, 0.4) is 0 Å². The first kappa shape index (κ1) is 11.4. The summed E-state index contributed by atoms with van der Waals surface area (Å²) in [5, 5.41) is 0.225. The van der Waals surface area contributed by atoms with Crippen molar-refractivity contribution in [2.24, 2.45) is 5.92 Å². The van der Waals surface area contributed by atoms with Crippen molar-refractivity contribution in [1.82, 2.24) is 0 Å². The molecule has 0 aromatic heterocycles. The summed E-state index contributed by atoms with van der Waals surface area (Å²) in [6, 6.07) is 5.41. The van der Waals surface area contributed by atoms with E-state index in [0.29, 0.717) is 10.4 Å². The van der Waals surface area contributed by atoms with Crippen molar-refractivity contribution in [3.8, 4) is 0 Å². The first-order chi connectivity index (χ1) is 7.18. The van der Waals surface area contributed by atoms with Crippen LogP contribution in [-0.4, -0.2) is 5.38 Å². The van der Waals surface area contributed by atoms with Crippen LogP contribution < -0.4 is 0 Å². The molecule has 0 amide bonds. The third-order valence-corrected chi connectivity index (χ3v) is 4.04. The fourth-order valence-corrected chi connectivity index (χ4v) is 2.50. The van der Waals surface area contributed by atoms with E-state index >= 15 is 0 Å². The lowest BCUT2D eigenvalue weighted by Gasteiger charge is -2.08. The number of benzene rings is 1. The Kier molecular flexibility index (Phi) is 3.68. The summed E-state index contributed by atoms with van der Waals surface area (Å²) in [6.45, 7) is 0. The summed E-state index contributed by atoms with van der Waals surface area (Å²) in [7, 11) is 0. The van der Waals surface area contributed by atoms with E-state index in [1.54, 1.807) is 6.07 Å². The number of hydrogen-bond acceptors (Lipinski definition) is 0. The zero-order valence-corrected chi connectivity index (χ0v) is 10.7. The zero-order valence-electron chi connectivity index (χ0n) is 8.35. The molecule has 1 aromatic carbocycles. The lowest BCUT2D eigenvalue weighted by atomic mass is 10.1. The van der Waals surface area contributed by atoms with E-state index in [4.69, 9.17) is 11.6 Å². The zero-order chi connectivity index (χ0) is 10.8. The van der Waals surface area contributed by atoms with E-state index < -0.39 is 0 Å². The Morgan fingerprint density at radius 1 is 1.47 bits per heavy atom. The van der Waals surface area contributed by atoms with Gasteiger partial charge in [0.1, 0.15) is 5.82 Å². The third kappa shape index (κ3) is 2.94. The molecule has 82 valence electrons. The molecule has 0 radical (unpaired) electrons. The van der Waals surface area contributed by atoms with E-state index in [2.05, 4.69) is 15.9 Å². The topological polar surface area (TPSA) is 0 Å². The Bertz CT molecular complexity index is 349. The van der Waals surface area contributed by atoms with Gasteiger partial charge in [0.25, 0.3) is 0 Å². The Hall–Kier alpha value is -0.0800. The van der Waals surface area contributed by atoms with Crippen LogP contribution in [0.4, 0.5) is 4.39 Å². The lowest BCUT2D eigenvalue weighted by Crippen LogP contribution is -2.04. The van der Waals surface area contributed by atoms with Crippen molar-refractivity contribution in [1.29, 1.82) is 0 Å². The molecule has 3 heteroatoms. The summed E-state index contributed by atoms with van der Waals surface area (Å²) in [6.07, 6.45) is 4.10. The minimum absolute atomic E-state index is 0.142. The first-order valence-electron chi connectivity index (χ1n) is 5.25. The number of hydrogen-bond donors (Lipinski definition) is 0. The van der Waals surface area contributed by atoms with Gasteiger partial charge in [-0.1, -0.05) is 12.1 Å². The van der Waals surface area contributed by atoms with Gasteiger partial charge in [0.15, 0.2) is 0 Å². The second-order valence-corrected chi connectivity index (χ2v) is 5.52. The average Bonchev–Trinajstić information content (AvgIpc) is 3.03. The van der Waals surface area contributed by atoms with Crippen LogP contribution >= 0.6 is 27.5 Å². The minimum Gasteiger partial charge on any atom is -0.205 e. The SMILES string of the molecule is Fc1c(Br)cccc1CCC(Cl)C1CC1. The van der Waals surface area contributed by atoms with Gasteiger partial charge in [0.2, 0.25) is 0 Å². The molecule has 0 aliphatic heterocycles. The molecule has 1 unspecified atom stereocenters. The molecule has 2 rings (SSSR count). The first-order valence-corrected chi connectivity index (χ1v) is 6.48. The van der Waals surface area contributed by atoms with E-state index in [0.717, 1.165) is 18.4 Å². The summed E-state index contributed by atoms with van der Waals surface area (Å²) in [5.74, 6) is 0.541. The third-order valence-electron chi connectivity index (χ3n) is 2.85. The quantitative estimate of drug-likeness (QED) is 0.715. The molecule has 1 aromatic rings. The molecule has 0 saturated heterocycles. The van der Waals surface area contributed by atoms with Gasteiger partial charge >= 0.3 is 0 Å². The highest BCUT2D eigenvalue weighted by Crippen LogP contribution is 2.37. The largest absolute Gasteiger partial charge is 0.205 e. The lowest BCUT2D eigenvalue weighted by molar-refractivity contribution is 0.589. The standard InChI is InChI=1S/C12H13BrClF/c13-10-3-1-2-9(12(10)15)6-7-11(14)8-4-5-8/h1-3,8,11H,4-7H2. The average molecular weight is 292 g/mol. The number of halogens is 3. The van der Waals surface area contributed by atoms with E-state index in [9.17, 15) is 4.39 Å². The summed E-state index contributed by atoms with van der Waals surface area (Å²) in [4.78, 5) is 0. The number of aryl methyl sites for hydroxylation is 1. The van der Waals surface area contributed by atoms with Crippen LogP contribution in [-0.2, 0) is 6.42 Å². The minimum atomic E-state index is -0.142. The molecule has 1 fully saturated rings. The van der Waals surface area contributed by atoms with Crippen molar-refractivity contribution >= 4 is 27.5 Å². The molecule has 0 nitrogen and oxygen atoms in total. The molecular weight excluding hydrogens is 278 g/mol. The second-order valence-electron chi connectivity index (χ2n) is 4.11. The van der Waals surface area contributed by atoms with Crippen LogP contribution in [0, 0.1) is 11.7 Å².